The number of carboxylic acids is 1. The molecule has 0 saturated heterocycles. The molecule has 1 aromatic rings. The Morgan fingerprint density at radius 1 is 1.81 bits per heavy atom. The molecular weight excluding hydrogens is 321 g/mol. The molecule has 6 heteroatoms. The lowest BCUT2D eigenvalue weighted by atomic mass is 9.93. The SMILES string of the molecule is CNC(Cn1cc(I)cn1)(C(=O)O)C1CC1. The Kier molecular flexibility index (Phi) is 3.20. The predicted molar refractivity (Wildman–Crippen MR) is 67.1 cm³/mol. The van der Waals surface area contributed by atoms with Gasteiger partial charge in [-0.05, 0) is 48.4 Å². The molecular formula is C10H14IN3O2. The van der Waals surface area contributed by atoms with Gasteiger partial charge in [-0.1, -0.05) is 0 Å². The molecule has 1 aliphatic rings. The van der Waals surface area contributed by atoms with Gasteiger partial charge in [0.15, 0.2) is 0 Å². The van der Waals surface area contributed by atoms with Crippen molar-refractivity contribution in [2.75, 3.05) is 7.05 Å². The minimum atomic E-state index is -0.866. The van der Waals surface area contributed by atoms with Gasteiger partial charge in [0, 0.05) is 6.20 Å². The van der Waals surface area contributed by atoms with Crippen LogP contribution in [0, 0.1) is 9.49 Å². The fourth-order valence-corrected chi connectivity index (χ4v) is 2.46. The van der Waals surface area contributed by atoms with E-state index in [1.807, 2.05) is 6.20 Å². The van der Waals surface area contributed by atoms with Crippen molar-refractivity contribution in [1.29, 1.82) is 0 Å². The summed E-state index contributed by atoms with van der Waals surface area (Å²) >= 11 is 2.16. The van der Waals surface area contributed by atoms with E-state index in [4.69, 9.17) is 0 Å². The van der Waals surface area contributed by atoms with Crippen molar-refractivity contribution in [2.45, 2.75) is 24.9 Å². The first-order valence-corrected chi connectivity index (χ1v) is 6.26. The predicted octanol–water partition coefficient (Wildman–Crippen LogP) is 0.940. The normalized spacial score (nSPS) is 19.4. The van der Waals surface area contributed by atoms with E-state index < -0.39 is 11.5 Å². The average Bonchev–Trinajstić information content (AvgIpc) is 3.00. The van der Waals surface area contributed by atoms with Crippen LogP contribution in [0.3, 0.4) is 0 Å². The van der Waals surface area contributed by atoms with Crippen LogP contribution in [0.1, 0.15) is 12.8 Å². The summed E-state index contributed by atoms with van der Waals surface area (Å²) in [6.45, 7) is 0.381. The molecule has 16 heavy (non-hydrogen) atoms. The summed E-state index contributed by atoms with van der Waals surface area (Å²) in [5, 5.41) is 16.5. The number of rotatable bonds is 5. The maximum atomic E-state index is 11.4. The summed E-state index contributed by atoms with van der Waals surface area (Å²) in [4.78, 5) is 11.4. The average molecular weight is 335 g/mol. The van der Waals surface area contributed by atoms with Gasteiger partial charge in [0.05, 0.1) is 16.3 Å². The zero-order valence-electron chi connectivity index (χ0n) is 8.98. The number of nitrogens with zero attached hydrogens (tertiary/aromatic N) is 2. The van der Waals surface area contributed by atoms with E-state index in [0.717, 1.165) is 16.4 Å². The first-order chi connectivity index (χ1) is 7.58. The second-order valence-electron chi connectivity index (χ2n) is 4.16. The monoisotopic (exact) mass is 335 g/mol. The molecule has 1 saturated carbocycles. The third-order valence-corrected chi connectivity index (χ3v) is 3.67. The van der Waals surface area contributed by atoms with E-state index in [1.54, 1.807) is 17.9 Å². The number of halogens is 1. The third kappa shape index (κ3) is 2.08. The fraction of sp³-hybridized carbons (Fsp3) is 0.600. The van der Waals surface area contributed by atoms with Gasteiger partial charge in [0.25, 0.3) is 0 Å². The number of aliphatic carboxylic acids is 1. The number of nitrogens with one attached hydrogen (secondary N) is 1. The molecule has 1 fully saturated rings. The largest absolute Gasteiger partial charge is 0.480 e. The van der Waals surface area contributed by atoms with Crippen molar-refractivity contribution in [3.8, 4) is 0 Å². The van der Waals surface area contributed by atoms with Crippen LogP contribution < -0.4 is 5.32 Å². The second kappa shape index (κ2) is 4.33. The van der Waals surface area contributed by atoms with Gasteiger partial charge in [-0.15, -0.1) is 0 Å². The second-order valence-corrected chi connectivity index (χ2v) is 5.40. The first kappa shape index (κ1) is 11.8. The first-order valence-electron chi connectivity index (χ1n) is 5.19. The molecule has 5 nitrogen and oxygen atoms in total. The molecule has 0 radical (unpaired) electrons. The van der Waals surface area contributed by atoms with Crippen molar-refractivity contribution in [2.24, 2.45) is 5.92 Å². The zero-order valence-corrected chi connectivity index (χ0v) is 11.1. The topological polar surface area (TPSA) is 67.2 Å². The summed E-state index contributed by atoms with van der Waals surface area (Å²) < 4.78 is 2.72. The molecule has 2 rings (SSSR count). The van der Waals surface area contributed by atoms with Crippen molar-refractivity contribution < 1.29 is 9.90 Å². The molecule has 88 valence electrons. The van der Waals surface area contributed by atoms with Gasteiger partial charge < -0.3 is 10.4 Å². The van der Waals surface area contributed by atoms with Crippen molar-refractivity contribution in [3.63, 3.8) is 0 Å². The number of likely N-dealkylation sites (N-methyl/N-ethyl adjacent to an activating group) is 1. The summed E-state index contributed by atoms with van der Waals surface area (Å²) in [5.41, 5.74) is -0.866. The highest BCUT2D eigenvalue weighted by Crippen LogP contribution is 2.40. The lowest BCUT2D eigenvalue weighted by molar-refractivity contribution is -0.146. The Labute approximate surface area is 107 Å². The Hall–Kier alpha value is -0.630. The third-order valence-electron chi connectivity index (χ3n) is 3.12. The molecule has 1 aliphatic carbocycles. The molecule has 1 atom stereocenters. The minimum Gasteiger partial charge on any atom is -0.480 e. The van der Waals surface area contributed by atoms with Gasteiger partial charge in [0.2, 0.25) is 0 Å². The van der Waals surface area contributed by atoms with E-state index in [0.29, 0.717) is 6.54 Å². The van der Waals surface area contributed by atoms with Crippen LogP contribution >= 0.6 is 22.6 Å². The smallest absolute Gasteiger partial charge is 0.326 e. The van der Waals surface area contributed by atoms with E-state index in [9.17, 15) is 9.90 Å². The number of hydrogen-bond acceptors (Lipinski definition) is 3. The highest BCUT2D eigenvalue weighted by Gasteiger charge is 2.50. The Morgan fingerprint density at radius 2 is 2.50 bits per heavy atom. The van der Waals surface area contributed by atoms with Crippen molar-refractivity contribution in [1.82, 2.24) is 15.1 Å². The molecule has 0 aromatic carbocycles. The molecule has 0 spiro atoms. The van der Waals surface area contributed by atoms with E-state index in [2.05, 4.69) is 33.0 Å². The van der Waals surface area contributed by atoms with Crippen LogP contribution in [0.4, 0.5) is 0 Å². The van der Waals surface area contributed by atoms with Crippen LogP contribution in [-0.2, 0) is 11.3 Å². The number of hydrogen-bond donors (Lipinski definition) is 2. The maximum absolute atomic E-state index is 11.4. The van der Waals surface area contributed by atoms with Gasteiger partial charge in [-0.3, -0.25) is 9.48 Å². The Bertz CT molecular complexity index is 403. The van der Waals surface area contributed by atoms with Crippen LogP contribution in [-0.4, -0.2) is 33.4 Å². The van der Waals surface area contributed by atoms with Gasteiger partial charge >= 0.3 is 5.97 Å². The molecule has 1 unspecified atom stereocenters. The molecule has 1 aromatic heterocycles. The van der Waals surface area contributed by atoms with Gasteiger partial charge in [0.1, 0.15) is 5.54 Å². The molecule has 1 heterocycles. The standard InChI is InChI=1S/C10H14IN3O2/c1-12-10(9(15)16,7-2-3-7)6-14-5-8(11)4-13-14/h4-5,7,12H,2-3,6H2,1H3,(H,15,16). The van der Waals surface area contributed by atoms with Gasteiger partial charge in [-0.25, -0.2) is 0 Å². The van der Waals surface area contributed by atoms with Crippen molar-refractivity contribution >= 4 is 28.6 Å². The highest BCUT2D eigenvalue weighted by atomic mass is 127. The van der Waals surface area contributed by atoms with Gasteiger partial charge in [-0.2, -0.15) is 5.10 Å². The van der Waals surface area contributed by atoms with E-state index in [-0.39, 0.29) is 5.92 Å². The molecule has 0 aliphatic heterocycles. The summed E-state index contributed by atoms with van der Waals surface area (Å²) in [5.74, 6) is -0.570. The quantitative estimate of drug-likeness (QED) is 0.786. The molecule has 0 bridgehead atoms. The van der Waals surface area contributed by atoms with Crippen molar-refractivity contribution in [3.05, 3.63) is 16.0 Å². The van der Waals surface area contributed by atoms with Crippen LogP contribution in [0.2, 0.25) is 0 Å². The lowest BCUT2D eigenvalue weighted by Gasteiger charge is -2.28. The summed E-state index contributed by atoms with van der Waals surface area (Å²) in [6.07, 6.45) is 5.55. The zero-order chi connectivity index (χ0) is 11.8. The van der Waals surface area contributed by atoms with E-state index >= 15 is 0 Å². The molecule has 0 amide bonds. The number of carbonyl (C=O) groups is 1. The summed E-state index contributed by atoms with van der Waals surface area (Å²) in [7, 11) is 1.71. The van der Waals surface area contributed by atoms with Crippen LogP contribution in [0.15, 0.2) is 12.4 Å². The highest BCUT2D eigenvalue weighted by molar-refractivity contribution is 14.1. The van der Waals surface area contributed by atoms with Crippen LogP contribution in [0.5, 0.6) is 0 Å². The number of carboxylic acid groups (broad SMARTS) is 1. The Morgan fingerprint density at radius 3 is 2.88 bits per heavy atom. The summed E-state index contributed by atoms with van der Waals surface area (Å²) in [6, 6.07) is 0. The lowest BCUT2D eigenvalue weighted by Crippen LogP contribution is -2.55. The van der Waals surface area contributed by atoms with E-state index in [1.165, 1.54) is 0 Å². The number of aromatic nitrogens is 2. The molecule has 2 N–H and O–H groups in total. The maximum Gasteiger partial charge on any atom is 0.326 e. The Balaban J connectivity index is 2.22. The minimum absolute atomic E-state index is 0.219. The van der Waals surface area contributed by atoms with Crippen LogP contribution in [0.25, 0.3) is 0 Å². The fourth-order valence-electron chi connectivity index (χ4n) is 2.02.